The molecule has 0 unspecified atom stereocenters. The second-order valence-electron chi connectivity index (χ2n) is 16.9. The molecule has 0 bridgehead atoms. The first-order valence-corrected chi connectivity index (χ1v) is 23.3. The first-order chi connectivity index (χ1) is 33.7. The Kier molecular flexibility index (Phi) is 11.8. The molecule has 0 spiro atoms. The lowest BCUT2D eigenvalue weighted by atomic mass is 9.94. The average Bonchev–Trinajstić information content (AvgIpc) is 3.43. The molecule has 11 rings (SSSR count). The molecule has 0 radical (unpaired) electrons. The molecule has 2 nitrogen and oxygen atoms in total. The highest BCUT2D eigenvalue weighted by Gasteiger charge is 2.23. The van der Waals surface area contributed by atoms with Gasteiger partial charge in [-0.3, -0.25) is 0 Å². The smallest absolute Gasteiger partial charge is 0.0618 e. The van der Waals surface area contributed by atoms with E-state index in [0.29, 0.717) is 0 Å². The number of nitrogens with zero attached hydrogens (tertiary/aromatic N) is 2. The minimum Gasteiger partial charge on any atom is -0.310 e. The van der Waals surface area contributed by atoms with Crippen molar-refractivity contribution < 1.29 is 0 Å². The third kappa shape index (κ3) is 8.63. The molecule has 68 heavy (non-hydrogen) atoms. The summed E-state index contributed by atoms with van der Waals surface area (Å²) >= 11 is 0. The molecule has 0 aromatic heterocycles. The van der Waals surface area contributed by atoms with Crippen LogP contribution in [0.1, 0.15) is 0 Å². The molecule has 0 N–H and O–H groups in total. The Balaban J connectivity index is 0.994. The standard InChI is InChI=1S/C66H48N2/c1-6-19-49(20-7-1)51-33-41-58(42-34-51)67(65-32-17-16-29-62(65)55-23-10-3-11-24-55)59-43-35-53(36-44-59)54-39-47-61(48-40-54)68(60-45-37-52(38-46-60)50-21-8-2-9-22-50)66-63(56-25-12-4-13-26-56)30-18-31-64(66)57-27-14-5-15-28-57/h1-48H. The number of para-hydroxylation sites is 2. The molecule has 0 saturated heterocycles. The van der Waals surface area contributed by atoms with Gasteiger partial charge >= 0.3 is 0 Å². The van der Waals surface area contributed by atoms with Gasteiger partial charge in [0.2, 0.25) is 0 Å². The van der Waals surface area contributed by atoms with Gasteiger partial charge in [0.1, 0.15) is 0 Å². The fourth-order valence-corrected chi connectivity index (χ4v) is 9.32. The third-order valence-corrected chi connectivity index (χ3v) is 12.7. The SMILES string of the molecule is c1ccc(-c2ccc(N(c3ccc(-c4ccc(N(c5ccc(-c6ccccc6)cc5)c5c(-c6ccccc6)cccc5-c5ccccc5)cc4)cc3)c3ccccc3-c3ccccc3)cc2)cc1. The second-order valence-corrected chi connectivity index (χ2v) is 16.9. The van der Waals surface area contributed by atoms with Crippen LogP contribution in [0.25, 0.3) is 66.8 Å². The van der Waals surface area contributed by atoms with Crippen LogP contribution < -0.4 is 9.80 Å². The van der Waals surface area contributed by atoms with Crippen molar-refractivity contribution in [1.29, 1.82) is 0 Å². The van der Waals surface area contributed by atoms with Crippen LogP contribution in [0.5, 0.6) is 0 Å². The first-order valence-electron chi connectivity index (χ1n) is 23.3. The topological polar surface area (TPSA) is 6.48 Å². The minimum atomic E-state index is 1.07. The quantitative estimate of drug-likeness (QED) is 0.121. The van der Waals surface area contributed by atoms with E-state index in [1.807, 2.05) is 0 Å². The van der Waals surface area contributed by atoms with Crippen molar-refractivity contribution in [3.05, 3.63) is 291 Å². The number of rotatable bonds is 12. The van der Waals surface area contributed by atoms with Crippen LogP contribution in [0.15, 0.2) is 291 Å². The zero-order chi connectivity index (χ0) is 45.5. The Morgan fingerprint density at radius 3 is 0.765 bits per heavy atom. The summed E-state index contributed by atoms with van der Waals surface area (Å²) in [6.45, 7) is 0. The summed E-state index contributed by atoms with van der Waals surface area (Å²) in [5.41, 5.74) is 20.6. The molecule has 0 fully saturated rings. The van der Waals surface area contributed by atoms with E-state index in [9.17, 15) is 0 Å². The monoisotopic (exact) mass is 868 g/mol. The van der Waals surface area contributed by atoms with Gasteiger partial charge in [-0.25, -0.2) is 0 Å². The van der Waals surface area contributed by atoms with E-state index in [0.717, 1.165) is 67.5 Å². The summed E-state index contributed by atoms with van der Waals surface area (Å²) in [4.78, 5) is 4.80. The summed E-state index contributed by atoms with van der Waals surface area (Å²) in [6, 6.07) is 105. The zero-order valence-corrected chi connectivity index (χ0v) is 37.6. The van der Waals surface area contributed by atoms with Gasteiger partial charge in [-0.05, 0) is 105 Å². The molecule has 0 aliphatic rings. The predicted molar refractivity (Wildman–Crippen MR) is 288 cm³/mol. The van der Waals surface area contributed by atoms with Crippen LogP contribution in [-0.2, 0) is 0 Å². The fraction of sp³-hybridized carbons (Fsp3) is 0. The van der Waals surface area contributed by atoms with Crippen molar-refractivity contribution in [3.63, 3.8) is 0 Å². The largest absolute Gasteiger partial charge is 0.310 e. The lowest BCUT2D eigenvalue weighted by molar-refractivity contribution is 1.28. The Morgan fingerprint density at radius 1 is 0.162 bits per heavy atom. The maximum atomic E-state index is 2.43. The van der Waals surface area contributed by atoms with E-state index in [1.165, 1.54) is 33.4 Å². The van der Waals surface area contributed by atoms with Crippen LogP contribution in [-0.4, -0.2) is 0 Å². The Hall–Kier alpha value is -8.98. The number of benzene rings is 11. The molecular weight excluding hydrogens is 821 g/mol. The molecule has 0 aliphatic heterocycles. The van der Waals surface area contributed by atoms with E-state index in [4.69, 9.17) is 0 Å². The third-order valence-electron chi connectivity index (χ3n) is 12.7. The van der Waals surface area contributed by atoms with Crippen molar-refractivity contribution in [2.75, 3.05) is 9.80 Å². The van der Waals surface area contributed by atoms with Crippen LogP contribution in [0, 0.1) is 0 Å². The highest BCUT2D eigenvalue weighted by Crippen LogP contribution is 2.48. The highest BCUT2D eigenvalue weighted by atomic mass is 15.2. The Morgan fingerprint density at radius 2 is 0.412 bits per heavy atom. The maximum absolute atomic E-state index is 2.43. The Labute approximate surface area is 400 Å². The molecule has 0 amide bonds. The van der Waals surface area contributed by atoms with Crippen molar-refractivity contribution in [3.8, 4) is 66.8 Å². The predicted octanol–water partition coefficient (Wildman–Crippen LogP) is 18.6. The van der Waals surface area contributed by atoms with Gasteiger partial charge in [-0.1, -0.05) is 237 Å². The van der Waals surface area contributed by atoms with E-state index >= 15 is 0 Å². The van der Waals surface area contributed by atoms with Crippen LogP contribution >= 0.6 is 0 Å². The van der Waals surface area contributed by atoms with Gasteiger partial charge < -0.3 is 9.80 Å². The second kappa shape index (κ2) is 19.2. The zero-order valence-electron chi connectivity index (χ0n) is 37.6. The van der Waals surface area contributed by atoms with Crippen molar-refractivity contribution in [2.45, 2.75) is 0 Å². The molecule has 322 valence electrons. The van der Waals surface area contributed by atoms with Crippen molar-refractivity contribution in [2.24, 2.45) is 0 Å². The van der Waals surface area contributed by atoms with Crippen LogP contribution in [0.4, 0.5) is 34.1 Å². The molecule has 0 saturated carbocycles. The van der Waals surface area contributed by atoms with Crippen LogP contribution in [0.2, 0.25) is 0 Å². The van der Waals surface area contributed by atoms with Crippen LogP contribution in [0.3, 0.4) is 0 Å². The normalized spacial score (nSPS) is 10.9. The van der Waals surface area contributed by atoms with Gasteiger partial charge in [0.25, 0.3) is 0 Å². The lowest BCUT2D eigenvalue weighted by Gasteiger charge is -2.31. The molecule has 11 aromatic rings. The number of hydrogen-bond acceptors (Lipinski definition) is 2. The number of hydrogen-bond donors (Lipinski definition) is 0. The highest BCUT2D eigenvalue weighted by molar-refractivity contribution is 5.98. The van der Waals surface area contributed by atoms with Gasteiger partial charge in [0.05, 0.1) is 11.4 Å². The van der Waals surface area contributed by atoms with E-state index < -0.39 is 0 Å². The molecule has 2 heteroatoms. The summed E-state index contributed by atoms with van der Waals surface area (Å²) < 4.78 is 0. The van der Waals surface area contributed by atoms with Gasteiger partial charge in [-0.2, -0.15) is 0 Å². The van der Waals surface area contributed by atoms with E-state index in [-0.39, 0.29) is 0 Å². The lowest BCUT2D eigenvalue weighted by Crippen LogP contribution is -2.12. The summed E-state index contributed by atoms with van der Waals surface area (Å²) in [5.74, 6) is 0. The van der Waals surface area contributed by atoms with Gasteiger partial charge in [0, 0.05) is 39.4 Å². The molecular formula is C66H48N2. The molecule has 0 aliphatic carbocycles. The van der Waals surface area contributed by atoms with Gasteiger partial charge in [-0.15, -0.1) is 0 Å². The average molecular weight is 869 g/mol. The summed E-state index contributed by atoms with van der Waals surface area (Å²) in [7, 11) is 0. The van der Waals surface area contributed by atoms with E-state index in [1.54, 1.807) is 0 Å². The van der Waals surface area contributed by atoms with Crippen molar-refractivity contribution in [1.82, 2.24) is 0 Å². The minimum absolute atomic E-state index is 1.07. The number of anilines is 6. The first kappa shape index (κ1) is 41.7. The molecule has 0 atom stereocenters. The molecule has 0 heterocycles. The Bertz CT molecular complexity index is 3310. The maximum Gasteiger partial charge on any atom is 0.0618 e. The summed E-state index contributed by atoms with van der Waals surface area (Å²) in [5, 5.41) is 0. The molecule has 11 aromatic carbocycles. The fourth-order valence-electron chi connectivity index (χ4n) is 9.32. The van der Waals surface area contributed by atoms with Gasteiger partial charge in [0.15, 0.2) is 0 Å². The van der Waals surface area contributed by atoms with E-state index in [2.05, 4.69) is 301 Å². The summed E-state index contributed by atoms with van der Waals surface area (Å²) in [6.07, 6.45) is 0. The van der Waals surface area contributed by atoms with Crippen molar-refractivity contribution >= 4 is 34.1 Å².